The van der Waals surface area contributed by atoms with Crippen LogP contribution in [0, 0.1) is 0 Å². The standard InChI is InChI=1S/C20H17NS/c1-21(16-9-3-2-4-10-16)18-12-7-8-15-14-20(18)22-19-13-6-5-11-17(15)19/h2-13H,14H2,1H3. The lowest BCUT2D eigenvalue weighted by molar-refractivity contribution is 1.11. The zero-order valence-corrected chi connectivity index (χ0v) is 13.3. The summed E-state index contributed by atoms with van der Waals surface area (Å²) in [7, 11) is 2.15. The van der Waals surface area contributed by atoms with Crippen LogP contribution in [0.1, 0.15) is 12.0 Å². The zero-order valence-electron chi connectivity index (χ0n) is 12.5. The first kappa shape index (κ1) is 13.5. The quantitative estimate of drug-likeness (QED) is 0.722. The number of para-hydroxylation sites is 1. The van der Waals surface area contributed by atoms with Crippen LogP contribution in [0.25, 0.3) is 5.57 Å². The molecule has 2 aromatic rings. The number of benzene rings is 2. The van der Waals surface area contributed by atoms with Gasteiger partial charge in [0.25, 0.3) is 0 Å². The third-order valence-electron chi connectivity index (χ3n) is 4.16. The molecular formula is C20H17NS. The van der Waals surface area contributed by atoms with Gasteiger partial charge in [-0.05, 0) is 35.4 Å². The van der Waals surface area contributed by atoms with Crippen LogP contribution in [-0.2, 0) is 0 Å². The Balaban J connectivity index is 1.80. The number of anilines is 1. The lowest BCUT2D eigenvalue weighted by Gasteiger charge is -2.26. The number of thioether (sulfide) groups is 1. The van der Waals surface area contributed by atoms with E-state index >= 15 is 0 Å². The molecule has 108 valence electrons. The van der Waals surface area contributed by atoms with Gasteiger partial charge in [0.15, 0.2) is 0 Å². The molecule has 0 saturated carbocycles. The second-order valence-corrected chi connectivity index (χ2v) is 6.67. The predicted octanol–water partition coefficient (Wildman–Crippen LogP) is 5.48. The smallest absolute Gasteiger partial charge is 0.0511 e. The lowest BCUT2D eigenvalue weighted by Crippen LogP contribution is -2.17. The molecule has 2 bridgehead atoms. The Morgan fingerprint density at radius 2 is 1.73 bits per heavy atom. The molecule has 0 unspecified atom stereocenters. The molecule has 1 heterocycles. The van der Waals surface area contributed by atoms with Crippen molar-refractivity contribution < 1.29 is 0 Å². The monoisotopic (exact) mass is 303 g/mol. The van der Waals surface area contributed by atoms with Gasteiger partial charge < -0.3 is 4.90 Å². The SMILES string of the molecule is CN(C1=C2CC(=CC=C1)c1ccccc1S2)c1ccccc1. The van der Waals surface area contributed by atoms with Crippen molar-refractivity contribution in [3.05, 3.63) is 89.0 Å². The van der Waals surface area contributed by atoms with Crippen molar-refractivity contribution in [1.82, 2.24) is 0 Å². The molecule has 2 aliphatic rings. The average molecular weight is 303 g/mol. The number of nitrogens with zero attached hydrogens (tertiary/aromatic N) is 1. The first-order chi connectivity index (χ1) is 10.8. The third kappa shape index (κ3) is 2.30. The Kier molecular flexibility index (Phi) is 3.39. The number of allylic oxidation sites excluding steroid dienone is 5. The lowest BCUT2D eigenvalue weighted by atomic mass is 10.0. The van der Waals surface area contributed by atoms with Crippen LogP contribution < -0.4 is 4.90 Å². The third-order valence-corrected chi connectivity index (χ3v) is 5.34. The summed E-state index contributed by atoms with van der Waals surface area (Å²) in [6, 6.07) is 19.2. The molecule has 0 amide bonds. The summed E-state index contributed by atoms with van der Waals surface area (Å²) >= 11 is 1.90. The van der Waals surface area contributed by atoms with Crippen molar-refractivity contribution >= 4 is 23.0 Å². The molecule has 0 saturated heterocycles. The molecule has 0 atom stereocenters. The normalized spacial score (nSPS) is 16.0. The molecule has 4 rings (SSSR count). The summed E-state index contributed by atoms with van der Waals surface area (Å²) in [4.78, 5) is 5.06. The van der Waals surface area contributed by atoms with Crippen molar-refractivity contribution in [1.29, 1.82) is 0 Å². The van der Waals surface area contributed by atoms with Gasteiger partial charge in [-0.1, -0.05) is 60.3 Å². The van der Waals surface area contributed by atoms with E-state index in [0.717, 1.165) is 6.42 Å². The minimum atomic E-state index is 1.02. The summed E-state index contributed by atoms with van der Waals surface area (Å²) in [5.74, 6) is 0. The Labute approximate surface area is 135 Å². The average Bonchev–Trinajstić information content (AvgIpc) is 2.75. The minimum Gasteiger partial charge on any atom is -0.344 e. The highest BCUT2D eigenvalue weighted by molar-refractivity contribution is 8.03. The van der Waals surface area contributed by atoms with E-state index in [9.17, 15) is 0 Å². The van der Waals surface area contributed by atoms with Crippen molar-refractivity contribution in [2.24, 2.45) is 0 Å². The van der Waals surface area contributed by atoms with Crippen LogP contribution in [0.4, 0.5) is 5.69 Å². The topological polar surface area (TPSA) is 3.24 Å². The van der Waals surface area contributed by atoms with Crippen molar-refractivity contribution in [3.8, 4) is 0 Å². The summed E-state index contributed by atoms with van der Waals surface area (Å²) in [5.41, 5.74) is 5.30. The van der Waals surface area contributed by atoms with Gasteiger partial charge in [0.1, 0.15) is 0 Å². The van der Waals surface area contributed by atoms with Gasteiger partial charge in [0.2, 0.25) is 0 Å². The van der Waals surface area contributed by atoms with Crippen molar-refractivity contribution in [2.45, 2.75) is 11.3 Å². The fraction of sp³-hybridized carbons (Fsp3) is 0.100. The van der Waals surface area contributed by atoms with Crippen LogP contribution >= 0.6 is 11.8 Å². The molecular weight excluding hydrogens is 286 g/mol. The molecule has 0 aromatic heterocycles. The largest absolute Gasteiger partial charge is 0.344 e. The van der Waals surface area contributed by atoms with Crippen LogP contribution in [-0.4, -0.2) is 7.05 Å². The molecule has 2 heteroatoms. The predicted molar refractivity (Wildman–Crippen MR) is 95.9 cm³/mol. The Hall–Kier alpha value is -2.19. The number of fused-ring (bicyclic) bond motifs is 4. The number of hydrogen-bond donors (Lipinski definition) is 0. The Morgan fingerprint density at radius 3 is 2.59 bits per heavy atom. The molecule has 2 aromatic carbocycles. The van der Waals surface area contributed by atoms with Crippen LogP contribution in [0.2, 0.25) is 0 Å². The van der Waals surface area contributed by atoms with E-state index in [0.29, 0.717) is 0 Å². The molecule has 22 heavy (non-hydrogen) atoms. The van der Waals surface area contributed by atoms with Gasteiger partial charge in [0, 0.05) is 29.0 Å². The van der Waals surface area contributed by atoms with Crippen LogP contribution in [0.3, 0.4) is 0 Å². The zero-order chi connectivity index (χ0) is 14.9. The molecule has 0 spiro atoms. The Bertz CT molecular complexity index is 799. The molecule has 0 fully saturated rings. The molecule has 1 nitrogen and oxygen atoms in total. The molecule has 0 radical (unpaired) electrons. The van der Waals surface area contributed by atoms with E-state index in [-0.39, 0.29) is 0 Å². The van der Waals surface area contributed by atoms with Crippen molar-refractivity contribution in [2.75, 3.05) is 11.9 Å². The summed E-state index contributed by atoms with van der Waals surface area (Å²) in [6.45, 7) is 0. The second-order valence-electron chi connectivity index (χ2n) is 5.53. The minimum absolute atomic E-state index is 1.02. The first-order valence-corrected chi connectivity index (χ1v) is 8.31. The highest BCUT2D eigenvalue weighted by Gasteiger charge is 2.23. The van der Waals surface area contributed by atoms with Gasteiger partial charge in [-0.15, -0.1) is 0 Å². The number of rotatable bonds is 2. The molecule has 0 N–H and O–H groups in total. The number of hydrogen-bond acceptors (Lipinski definition) is 2. The van der Waals surface area contributed by atoms with E-state index in [1.165, 1.54) is 32.3 Å². The molecule has 1 aliphatic carbocycles. The van der Waals surface area contributed by atoms with Crippen molar-refractivity contribution in [3.63, 3.8) is 0 Å². The van der Waals surface area contributed by atoms with E-state index in [4.69, 9.17) is 0 Å². The maximum Gasteiger partial charge on any atom is 0.0511 e. The van der Waals surface area contributed by atoms with Gasteiger partial charge in [0.05, 0.1) is 5.70 Å². The van der Waals surface area contributed by atoms with Crippen LogP contribution in [0.5, 0.6) is 0 Å². The Morgan fingerprint density at radius 1 is 0.955 bits per heavy atom. The van der Waals surface area contributed by atoms with E-state index in [1.54, 1.807) is 0 Å². The van der Waals surface area contributed by atoms with Gasteiger partial charge in [-0.25, -0.2) is 0 Å². The van der Waals surface area contributed by atoms with Crippen LogP contribution in [0.15, 0.2) is 88.3 Å². The maximum absolute atomic E-state index is 2.28. The fourth-order valence-electron chi connectivity index (χ4n) is 2.99. The second kappa shape index (κ2) is 5.54. The fourth-order valence-corrected chi connectivity index (χ4v) is 4.25. The maximum atomic E-state index is 2.28. The van der Waals surface area contributed by atoms with Gasteiger partial charge in [-0.2, -0.15) is 0 Å². The van der Waals surface area contributed by atoms with E-state index in [1.807, 2.05) is 11.8 Å². The number of likely N-dealkylation sites (N-methyl/N-ethyl adjacent to an activating group) is 1. The highest BCUT2D eigenvalue weighted by atomic mass is 32.2. The van der Waals surface area contributed by atoms with E-state index in [2.05, 4.69) is 84.8 Å². The summed E-state index contributed by atoms with van der Waals surface area (Å²) in [5, 5.41) is 0. The van der Waals surface area contributed by atoms with Gasteiger partial charge >= 0.3 is 0 Å². The van der Waals surface area contributed by atoms with E-state index < -0.39 is 0 Å². The highest BCUT2D eigenvalue weighted by Crippen LogP contribution is 2.47. The first-order valence-electron chi connectivity index (χ1n) is 7.49. The van der Waals surface area contributed by atoms with Gasteiger partial charge in [-0.3, -0.25) is 0 Å². The summed E-state index contributed by atoms with van der Waals surface area (Å²) in [6.07, 6.45) is 7.68. The molecule has 1 aliphatic heterocycles. The summed E-state index contributed by atoms with van der Waals surface area (Å²) < 4.78 is 0.